The molecule has 1 saturated heterocycles. The van der Waals surface area contributed by atoms with E-state index in [1.807, 2.05) is 18.2 Å². The first-order valence-electron chi connectivity index (χ1n) is 9.61. The SMILES string of the molecule is O=C(CCCCl)NC1(c2ccc(F)c(F)c2)CCN(Cc2ccccc2)CC1. The Bertz CT molecular complexity index is 792. The monoisotopic (exact) mass is 406 g/mol. The van der Waals surface area contributed by atoms with E-state index < -0.39 is 17.2 Å². The van der Waals surface area contributed by atoms with Crippen LogP contribution < -0.4 is 5.32 Å². The third kappa shape index (κ3) is 5.09. The number of alkyl halides is 1. The predicted octanol–water partition coefficient (Wildman–Crippen LogP) is 4.59. The van der Waals surface area contributed by atoms with E-state index in [0.717, 1.165) is 25.7 Å². The second-order valence-corrected chi connectivity index (χ2v) is 7.69. The van der Waals surface area contributed by atoms with Gasteiger partial charge < -0.3 is 5.32 Å². The standard InChI is InChI=1S/C22H25ClF2N2O/c23-12-4-7-21(28)26-22(18-8-9-19(24)20(25)15-18)10-13-27(14-11-22)16-17-5-2-1-3-6-17/h1-3,5-6,8-9,15H,4,7,10-14,16H2,(H,26,28). The second kappa shape index (κ2) is 9.48. The Morgan fingerprint density at radius 2 is 1.79 bits per heavy atom. The maximum Gasteiger partial charge on any atom is 0.220 e. The van der Waals surface area contributed by atoms with Gasteiger partial charge in [-0.15, -0.1) is 11.6 Å². The number of benzene rings is 2. The highest BCUT2D eigenvalue weighted by atomic mass is 35.5. The van der Waals surface area contributed by atoms with Crippen molar-refractivity contribution in [3.63, 3.8) is 0 Å². The Labute approximate surface area is 169 Å². The Morgan fingerprint density at radius 1 is 1.07 bits per heavy atom. The summed E-state index contributed by atoms with van der Waals surface area (Å²) in [5.74, 6) is -1.47. The fourth-order valence-electron chi connectivity index (χ4n) is 3.77. The van der Waals surface area contributed by atoms with Crippen LogP contribution in [0.25, 0.3) is 0 Å². The Morgan fingerprint density at radius 3 is 2.43 bits per heavy atom. The van der Waals surface area contributed by atoms with Crippen molar-refractivity contribution in [1.82, 2.24) is 10.2 Å². The van der Waals surface area contributed by atoms with E-state index in [1.165, 1.54) is 11.6 Å². The van der Waals surface area contributed by atoms with Crippen molar-refractivity contribution in [2.24, 2.45) is 0 Å². The molecule has 2 aromatic carbocycles. The summed E-state index contributed by atoms with van der Waals surface area (Å²) in [5, 5.41) is 3.10. The van der Waals surface area contributed by atoms with Gasteiger partial charge >= 0.3 is 0 Å². The van der Waals surface area contributed by atoms with E-state index in [2.05, 4.69) is 22.3 Å². The molecule has 3 rings (SSSR count). The van der Waals surface area contributed by atoms with E-state index in [9.17, 15) is 13.6 Å². The minimum absolute atomic E-state index is 0.109. The molecule has 0 atom stereocenters. The van der Waals surface area contributed by atoms with Crippen molar-refractivity contribution in [2.45, 2.75) is 37.8 Å². The Balaban J connectivity index is 1.76. The van der Waals surface area contributed by atoms with Gasteiger partial charge in [0, 0.05) is 31.9 Å². The lowest BCUT2D eigenvalue weighted by molar-refractivity contribution is -0.124. The van der Waals surface area contributed by atoms with Gasteiger partial charge in [0.2, 0.25) is 5.91 Å². The number of hydrogen-bond donors (Lipinski definition) is 1. The molecule has 1 amide bonds. The lowest BCUT2D eigenvalue weighted by Crippen LogP contribution is -2.53. The average Bonchev–Trinajstić information content (AvgIpc) is 2.71. The van der Waals surface area contributed by atoms with Gasteiger partial charge in [0.25, 0.3) is 0 Å². The molecule has 0 spiro atoms. The van der Waals surface area contributed by atoms with Crippen LogP contribution >= 0.6 is 11.6 Å². The molecule has 0 saturated carbocycles. The van der Waals surface area contributed by atoms with Gasteiger partial charge in [-0.1, -0.05) is 36.4 Å². The van der Waals surface area contributed by atoms with E-state index in [1.54, 1.807) is 6.07 Å². The molecule has 0 bridgehead atoms. The highest BCUT2D eigenvalue weighted by Crippen LogP contribution is 2.34. The van der Waals surface area contributed by atoms with Crippen LogP contribution in [-0.2, 0) is 16.9 Å². The molecule has 3 nitrogen and oxygen atoms in total. The molecule has 6 heteroatoms. The summed E-state index contributed by atoms with van der Waals surface area (Å²) in [7, 11) is 0. The molecule has 0 aromatic heterocycles. The molecule has 1 heterocycles. The minimum atomic E-state index is -0.890. The van der Waals surface area contributed by atoms with Crippen molar-refractivity contribution in [1.29, 1.82) is 0 Å². The van der Waals surface area contributed by atoms with Crippen molar-refractivity contribution in [2.75, 3.05) is 19.0 Å². The molecule has 0 radical (unpaired) electrons. The number of carbonyl (C=O) groups is 1. The summed E-state index contributed by atoms with van der Waals surface area (Å²) in [6.45, 7) is 2.34. The van der Waals surface area contributed by atoms with Crippen LogP contribution in [0.4, 0.5) is 8.78 Å². The van der Waals surface area contributed by atoms with Crippen LogP contribution in [0.3, 0.4) is 0 Å². The number of likely N-dealkylation sites (tertiary alicyclic amines) is 1. The zero-order valence-electron chi connectivity index (χ0n) is 15.8. The highest BCUT2D eigenvalue weighted by molar-refractivity contribution is 6.17. The van der Waals surface area contributed by atoms with E-state index in [0.29, 0.717) is 37.1 Å². The summed E-state index contributed by atoms with van der Waals surface area (Å²) in [6, 6.07) is 14.1. The van der Waals surface area contributed by atoms with Crippen LogP contribution in [-0.4, -0.2) is 29.8 Å². The average molecular weight is 407 g/mol. The smallest absolute Gasteiger partial charge is 0.220 e. The van der Waals surface area contributed by atoms with Crippen LogP contribution in [0.5, 0.6) is 0 Å². The van der Waals surface area contributed by atoms with Crippen molar-refractivity contribution in [3.05, 3.63) is 71.3 Å². The molecular weight excluding hydrogens is 382 g/mol. The maximum absolute atomic E-state index is 13.9. The predicted molar refractivity (Wildman–Crippen MR) is 107 cm³/mol. The molecule has 0 unspecified atom stereocenters. The first-order chi connectivity index (χ1) is 13.5. The normalized spacial score (nSPS) is 16.7. The third-order valence-corrected chi connectivity index (χ3v) is 5.61. The summed E-state index contributed by atoms with van der Waals surface area (Å²) in [5.41, 5.74) is 1.16. The molecule has 1 aliphatic rings. The van der Waals surface area contributed by atoms with Gasteiger partial charge in [0.15, 0.2) is 11.6 Å². The summed E-state index contributed by atoms with van der Waals surface area (Å²) >= 11 is 5.70. The van der Waals surface area contributed by atoms with Gasteiger partial charge in [-0.2, -0.15) is 0 Å². The summed E-state index contributed by atoms with van der Waals surface area (Å²) in [4.78, 5) is 14.7. The number of nitrogens with one attached hydrogen (secondary N) is 1. The summed E-state index contributed by atoms with van der Waals surface area (Å²) < 4.78 is 27.3. The van der Waals surface area contributed by atoms with Crippen molar-refractivity contribution in [3.8, 4) is 0 Å². The van der Waals surface area contributed by atoms with Crippen LogP contribution in [0.2, 0.25) is 0 Å². The largest absolute Gasteiger partial charge is 0.346 e. The zero-order chi connectivity index (χ0) is 20.0. The molecule has 1 N–H and O–H groups in total. The molecular formula is C22H25ClF2N2O. The maximum atomic E-state index is 13.9. The number of halogens is 3. The molecule has 28 heavy (non-hydrogen) atoms. The number of carbonyl (C=O) groups excluding carboxylic acids is 1. The second-order valence-electron chi connectivity index (χ2n) is 7.31. The van der Waals surface area contributed by atoms with Gasteiger partial charge in [-0.3, -0.25) is 9.69 Å². The van der Waals surface area contributed by atoms with Gasteiger partial charge in [0.05, 0.1) is 5.54 Å². The Kier molecular flexibility index (Phi) is 7.03. The third-order valence-electron chi connectivity index (χ3n) is 5.35. The minimum Gasteiger partial charge on any atom is -0.346 e. The van der Waals surface area contributed by atoms with E-state index >= 15 is 0 Å². The van der Waals surface area contributed by atoms with Crippen LogP contribution in [0.1, 0.15) is 36.8 Å². The van der Waals surface area contributed by atoms with E-state index in [4.69, 9.17) is 11.6 Å². The molecule has 0 aliphatic carbocycles. The number of rotatable bonds is 7. The topological polar surface area (TPSA) is 32.3 Å². The van der Waals surface area contributed by atoms with Crippen molar-refractivity contribution >= 4 is 17.5 Å². The van der Waals surface area contributed by atoms with Crippen LogP contribution in [0, 0.1) is 11.6 Å². The van der Waals surface area contributed by atoms with Crippen molar-refractivity contribution < 1.29 is 13.6 Å². The number of amides is 1. The fraction of sp³-hybridized carbons (Fsp3) is 0.409. The van der Waals surface area contributed by atoms with Gasteiger partial charge in [-0.05, 0) is 42.5 Å². The molecule has 1 aliphatic heterocycles. The highest BCUT2D eigenvalue weighted by Gasteiger charge is 2.38. The molecule has 2 aromatic rings. The quantitative estimate of drug-likeness (QED) is 0.682. The zero-order valence-corrected chi connectivity index (χ0v) is 16.5. The Hall–Kier alpha value is -1.98. The number of piperidine rings is 1. The lowest BCUT2D eigenvalue weighted by Gasteiger charge is -2.43. The van der Waals surface area contributed by atoms with Gasteiger partial charge in [0.1, 0.15) is 0 Å². The summed E-state index contributed by atoms with van der Waals surface area (Å²) in [6.07, 6.45) is 2.18. The lowest BCUT2D eigenvalue weighted by atomic mass is 9.80. The molecule has 150 valence electrons. The van der Waals surface area contributed by atoms with E-state index in [-0.39, 0.29) is 5.91 Å². The number of hydrogen-bond acceptors (Lipinski definition) is 2. The first-order valence-corrected chi connectivity index (χ1v) is 10.1. The fourth-order valence-corrected chi connectivity index (χ4v) is 3.90. The van der Waals surface area contributed by atoms with Crippen LogP contribution in [0.15, 0.2) is 48.5 Å². The van der Waals surface area contributed by atoms with Gasteiger partial charge in [-0.25, -0.2) is 8.78 Å². The number of nitrogens with zero attached hydrogens (tertiary/aromatic N) is 1. The molecule has 1 fully saturated rings. The first kappa shape index (κ1) is 20.7.